The van der Waals surface area contributed by atoms with E-state index in [2.05, 4.69) is 228 Å². The van der Waals surface area contributed by atoms with Gasteiger partial charge in [-0.2, -0.15) is 0 Å². The summed E-state index contributed by atoms with van der Waals surface area (Å²) in [6.07, 6.45) is 0. The van der Waals surface area contributed by atoms with E-state index in [1.54, 1.807) is 0 Å². The molecule has 8 rings (SSSR count). The molecule has 0 spiro atoms. The highest BCUT2D eigenvalue weighted by Gasteiger charge is 2.19. The first kappa shape index (κ1) is 30.7. The lowest BCUT2D eigenvalue weighted by Crippen LogP contribution is -2.13. The van der Waals surface area contributed by atoms with Gasteiger partial charge in [-0.1, -0.05) is 109 Å². The number of rotatable bonds is 9. The Morgan fingerprint density at radius 1 is 0.260 bits per heavy atom. The van der Waals surface area contributed by atoms with Crippen LogP contribution in [0.1, 0.15) is 5.56 Å². The lowest BCUT2D eigenvalue weighted by Gasteiger charge is -2.30. The van der Waals surface area contributed by atoms with Gasteiger partial charge in [-0.15, -0.1) is 0 Å². The zero-order valence-electron chi connectivity index (χ0n) is 28.0. The third-order valence-corrected chi connectivity index (χ3v) is 9.08. The number of hydrogen-bond donors (Lipinski definition) is 0. The fourth-order valence-corrected chi connectivity index (χ4v) is 6.65. The minimum atomic E-state index is 1.08. The van der Waals surface area contributed by atoms with E-state index in [1.807, 2.05) is 0 Å². The first-order chi connectivity index (χ1) is 24.7. The van der Waals surface area contributed by atoms with Crippen molar-refractivity contribution in [2.24, 2.45) is 0 Å². The molecule has 0 bridgehead atoms. The van der Waals surface area contributed by atoms with E-state index in [0.717, 1.165) is 51.2 Å². The first-order valence-electron chi connectivity index (χ1n) is 17.0. The molecule has 3 nitrogen and oxygen atoms in total. The SMILES string of the molecule is Cc1ccc(N(c2ccccc2)c2ccc(N(c3ccc(N(c4ccccc4)c4ccccc4)cc3)c3cccc4ccccc34)cc2)cc1. The lowest BCUT2D eigenvalue weighted by atomic mass is 10.1. The third kappa shape index (κ3) is 6.21. The highest BCUT2D eigenvalue weighted by atomic mass is 15.2. The van der Waals surface area contributed by atoms with Gasteiger partial charge in [0, 0.05) is 50.9 Å². The molecular weight excluding hydrogens is 607 g/mol. The second-order valence-electron chi connectivity index (χ2n) is 12.4. The summed E-state index contributed by atoms with van der Waals surface area (Å²) in [6.45, 7) is 2.13. The zero-order chi connectivity index (χ0) is 33.7. The smallest absolute Gasteiger partial charge is 0.0540 e. The summed E-state index contributed by atoms with van der Waals surface area (Å²) in [4.78, 5) is 6.97. The monoisotopic (exact) mass is 643 g/mol. The fraction of sp³-hybridized carbons (Fsp3) is 0.0213. The van der Waals surface area contributed by atoms with Crippen LogP contribution in [0.15, 0.2) is 206 Å². The molecule has 8 aromatic carbocycles. The molecule has 0 heterocycles. The maximum Gasteiger partial charge on any atom is 0.0540 e. The molecule has 0 unspecified atom stereocenters. The number of aryl methyl sites for hydroxylation is 1. The Bertz CT molecular complexity index is 2260. The van der Waals surface area contributed by atoms with Crippen LogP contribution in [0.3, 0.4) is 0 Å². The van der Waals surface area contributed by atoms with Crippen LogP contribution in [0.25, 0.3) is 10.8 Å². The maximum absolute atomic E-state index is 2.37. The quantitative estimate of drug-likeness (QED) is 0.155. The average molecular weight is 644 g/mol. The Morgan fingerprint density at radius 3 is 1.02 bits per heavy atom. The summed E-state index contributed by atoms with van der Waals surface area (Å²) in [5, 5.41) is 2.40. The summed E-state index contributed by atoms with van der Waals surface area (Å²) in [5.74, 6) is 0. The second kappa shape index (κ2) is 13.9. The molecule has 8 aromatic rings. The summed E-state index contributed by atoms with van der Waals surface area (Å²) in [7, 11) is 0. The van der Waals surface area contributed by atoms with Crippen molar-refractivity contribution in [3.63, 3.8) is 0 Å². The predicted octanol–water partition coefficient (Wildman–Crippen LogP) is 13.6. The van der Waals surface area contributed by atoms with Crippen LogP contribution >= 0.6 is 0 Å². The number of nitrogens with zero attached hydrogens (tertiary/aromatic N) is 3. The average Bonchev–Trinajstić information content (AvgIpc) is 3.18. The highest BCUT2D eigenvalue weighted by Crippen LogP contribution is 2.43. The molecule has 3 heteroatoms. The molecule has 240 valence electrons. The number of hydrogen-bond acceptors (Lipinski definition) is 3. The molecule has 0 N–H and O–H groups in total. The van der Waals surface area contributed by atoms with E-state index >= 15 is 0 Å². The number of benzene rings is 8. The summed E-state index contributed by atoms with van der Waals surface area (Å²) in [6, 6.07) is 73.3. The Kier molecular flexibility index (Phi) is 8.53. The van der Waals surface area contributed by atoms with Crippen LogP contribution in [0, 0.1) is 6.92 Å². The van der Waals surface area contributed by atoms with Gasteiger partial charge < -0.3 is 14.7 Å². The number of fused-ring (bicyclic) bond motifs is 1. The van der Waals surface area contributed by atoms with Gasteiger partial charge >= 0.3 is 0 Å². The van der Waals surface area contributed by atoms with E-state index in [9.17, 15) is 0 Å². The summed E-state index contributed by atoms with van der Waals surface area (Å²) < 4.78 is 0. The van der Waals surface area contributed by atoms with Gasteiger partial charge in [0.1, 0.15) is 0 Å². The lowest BCUT2D eigenvalue weighted by molar-refractivity contribution is 1.25. The van der Waals surface area contributed by atoms with Crippen LogP contribution in [0.2, 0.25) is 0 Å². The molecule has 0 aliphatic heterocycles. The van der Waals surface area contributed by atoms with Crippen molar-refractivity contribution in [2.75, 3.05) is 14.7 Å². The maximum atomic E-state index is 2.37. The molecule has 50 heavy (non-hydrogen) atoms. The van der Waals surface area contributed by atoms with Crippen LogP contribution in [0.4, 0.5) is 51.2 Å². The van der Waals surface area contributed by atoms with Gasteiger partial charge in [0.25, 0.3) is 0 Å². The molecule has 0 aliphatic carbocycles. The minimum absolute atomic E-state index is 1.08. The van der Waals surface area contributed by atoms with Gasteiger partial charge in [-0.25, -0.2) is 0 Å². The molecule has 0 fully saturated rings. The highest BCUT2D eigenvalue weighted by molar-refractivity contribution is 5.99. The number of anilines is 9. The Hall–Kier alpha value is -6.58. The fourth-order valence-electron chi connectivity index (χ4n) is 6.65. The van der Waals surface area contributed by atoms with Crippen LogP contribution in [-0.4, -0.2) is 0 Å². The Labute approximate surface area is 294 Å². The Balaban J connectivity index is 1.23. The van der Waals surface area contributed by atoms with E-state index in [4.69, 9.17) is 0 Å². The van der Waals surface area contributed by atoms with Gasteiger partial charge in [0.15, 0.2) is 0 Å². The predicted molar refractivity (Wildman–Crippen MR) is 213 cm³/mol. The molecule has 0 amide bonds. The van der Waals surface area contributed by atoms with Crippen molar-refractivity contribution in [3.8, 4) is 0 Å². The molecule has 0 aliphatic rings. The standard InChI is InChI=1S/C47H37N3/c1-36-24-26-41(27-25-36)49(40-20-9-4-10-21-40)43-30-34-45(35-31-43)50(47-23-13-15-37-14-11-12-22-46(37)47)44-32-28-42(29-33-44)48(38-16-5-2-6-17-38)39-18-7-3-8-19-39/h2-35H,1H3. The molecule has 0 radical (unpaired) electrons. The summed E-state index contributed by atoms with van der Waals surface area (Å²) in [5.41, 5.74) is 11.2. The molecule has 0 aromatic heterocycles. The van der Waals surface area contributed by atoms with Gasteiger partial charge in [0.2, 0.25) is 0 Å². The second-order valence-corrected chi connectivity index (χ2v) is 12.4. The topological polar surface area (TPSA) is 9.72 Å². The van der Waals surface area contributed by atoms with E-state index in [-0.39, 0.29) is 0 Å². The van der Waals surface area contributed by atoms with Gasteiger partial charge in [0.05, 0.1) is 5.69 Å². The van der Waals surface area contributed by atoms with E-state index < -0.39 is 0 Å². The summed E-state index contributed by atoms with van der Waals surface area (Å²) >= 11 is 0. The van der Waals surface area contributed by atoms with Gasteiger partial charge in [-0.3, -0.25) is 0 Å². The molecule has 0 saturated carbocycles. The van der Waals surface area contributed by atoms with Crippen LogP contribution in [0.5, 0.6) is 0 Å². The van der Waals surface area contributed by atoms with E-state index in [0.29, 0.717) is 0 Å². The van der Waals surface area contributed by atoms with Crippen molar-refractivity contribution < 1.29 is 0 Å². The van der Waals surface area contributed by atoms with Gasteiger partial charge in [-0.05, 0) is 115 Å². The van der Waals surface area contributed by atoms with Crippen LogP contribution < -0.4 is 14.7 Å². The third-order valence-electron chi connectivity index (χ3n) is 9.08. The Morgan fingerprint density at radius 2 is 0.580 bits per heavy atom. The van der Waals surface area contributed by atoms with Crippen molar-refractivity contribution in [1.29, 1.82) is 0 Å². The van der Waals surface area contributed by atoms with Crippen molar-refractivity contribution >= 4 is 62.0 Å². The van der Waals surface area contributed by atoms with Crippen molar-refractivity contribution in [1.82, 2.24) is 0 Å². The van der Waals surface area contributed by atoms with Crippen molar-refractivity contribution in [3.05, 3.63) is 212 Å². The van der Waals surface area contributed by atoms with E-state index in [1.165, 1.54) is 16.3 Å². The zero-order valence-corrected chi connectivity index (χ0v) is 28.0. The first-order valence-corrected chi connectivity index (χ1v) is 17.0. The normalized spacial score (nSPS) is 10.9. The number of para-hydroxylation sites is 3. The minimum Gasteiger partial charge on any atom is -0.311 e. The van der Waals surface area contributed by atoms with Crippen molar-refractivity contribution in [2.45, 2.75) is 6.92 Å². The van der Waals surface area contributed by atoms with Crippen LogP contribution in [-0.2, 0) is 0 Å². The molecule has 0 atom stereocenters. The molecule has 0 saturated heterocycles. The molecular formula is C47H37N3. The largest absolute Gasteiger partial charge is 0.311 e.